The topological polar surface area (TPSA) is 47.4 Å². The Balaban J connectivity index is 2.22. The quantitative estimate of drug-likeness (QED) is 0.635. The van der Waals surface area contributed by atoms with Crippen molar-refractivity contribution < 1.29 is 4.43 Å². The van der Waals surface area contributed by atoms with Crippen LogP contribution in [0, 0.1) is 6.92 Å². The van der Waals surface area contributed by atoms with Crippen LogP contribution in [0.2, 0.25) is 19.6 Å². The minimum atomic E-state index is -1.65. The van der Waals surface area contributed by atoms with Crippen LogP contribution in [0.4, 0.5) is 5.69 Å². The van der Waals surface area contributed by atoms with E-state index in [0.717, 1.165) is 17.0 Å². The Kier molecular flexibility index (Phi) is 4.29. The third kappa shape index (κ3) is 4.27. The number of rotatable bonds is 4. The second-order valence-corrected chi connectivity index (χ2v) is 9.99. The zero-order valence-corrected chi connectivity index (χ0v) is 13.3. The van der Waals surface area contributed by atoms with E-state index in [1.165, 1.54) is 0 Å². The van der Waals surface area contributed by atoms with Gasteiger partial charge in [-0.1, -0.05) is 12.1 Å². The third-order valence-electron chi connectivity index (χ3n) is 2.40. The molecule has 104 valence electrons. The van der Waals surface area contributed by atoms with E-state index in [1.54, 1.807) is 18.6 Å². The van der Waals surface area contributed by atoms with Gasteiger partial charge in [0.15, 0.2) is 5.82 Å². The lowest BCUT2D eigenvalue weighted by atomic mass is 10.3. The highest BCUT2D eigenvalue weighted by atomic mass is 28.4. The van der Waals surface area contributed by atoms with Crippen LogP contribution in [-0.4, -0.2) is 24.5 Å². The van der Waals surface area contributed by atoms with Crippen LogP contribution in [0.25, 0.3) is 0 Å². The first-order chi connectivity index (χ1) is 9.44. The van der Waals surface area contributed by atoms with Crippen molar-refractivity contribution in [3.8, 4) is 5.75 Å². The maximum Gasteiger partial charge on any atom is 0.242 e. The van der Waals surface area contributed by atoms with E-state index in [9.17, 15) is 0 Å². The van der Waals surface area contributed by atoms with E-state index < -0.39 is 8.32 Å². The number of nitrogens with zero attached hydrogens (tertiary/aromatic N) is 3. The SMILES string of the molecule is Cc1cnc(/C=N/c2ccccc2O[Si](C)(C)C)nc1. The molecule has 0 unspecified atom stereocenters. The molecule has 2 aromatic rings. The molecule has 0 fully saturated rings. The van der Waals surface area contributed by atoms with Crippen LogP contribution in [-0.2, 0) is 0 Å². The number of aliphatic imine (C=N–C) groups is 1. The molecule has 0 N–H and O–H groups in total. The summed E-state index contributed by atoms with van der Waals surface area (Å²) >= 11 is 0. The molecule has 0 saturated carbocycles. The van der Waals surface area contributed by atoms with Gasteiger partial charge in [-0.2, -0.15) is 0 Å². The van der Waals surface area contributed by atoms with Gasteiger partial charge in [0.1, 0.15) is 11.4 Å². The van der Waals surface area contributed by atoms with Gasteiger partial charge in [0.25, 0.3) is 0 Å². The average molecular weight is 285 g/mol. The average Bonchev–Trinajstić information content (AvgIpc) is 2.38. The lowest BCUT2D eigenvalue weighted by Gasteiger charge is -2.20. The molecular weight excluding hydrogens is 266 g/mol. The van der Waals surface area contributed by atoms with Crippen molar-refractivity contribution in [3.63, 3.8) is 0 Å². The van der Waals surface area contributed by atoms with Gasteiger partial charge >= 0.3 is 0 Å². The first-order valence-electron chi connectivity index (χ1n) is 6.55. The zero-order chi connectivity index (χ0) is 14.6. The summed E-state index contributed by atoms with van der Waals surface area (Å²) in [6.45, 7) is 8.40. The highest BCUT2D eigenvalue weighted by Gasteiger charge is 2.17. The highest BCUT2D eigenvalue weighted by Crippen LogP contribution is 2.28. The minimum absolute atomic E-state index is 0.596. The van der Waals surface area contributed by atoms with Crippen molar-refractivity contribution in [2.75, 3.05) is 0 Å². The predicted octanol–water partition coefficient (Wildman–Crippen LogP) is 3.75. The first kappa shape index (κ1) is 14.4. The second kappa shape index (κ2) is 5.96. The number of hydrogen-bond donors (Lipinski definition) is 0. The predicted molar refractivity (Wildman–Crippen MR) is 84.4 cm³/mol. The molecule has 5 heteroatoms. The van der Waals surface area contributed by atoms with Crippen molar-refractivity contribution in [2.24, 2.45) is 4.99 Å². The Morgan fingerprint density at radius 2 is 1.75 bits per heavy atom. The summed E-state index contributed by atoms with van der Waals surface area (Å²) in [6, 6.07) is 7.78. The summed E-state index contributed by atoms with van der Waals surface area (Å²) < 4.78 is 6.02. The second-order valence-electron chi connectivity index (χ2n) is 5.56. The van der Waals surface area contributed by atoms with Crippen molar-refractivity contribution in [1.82, 2.24) is 9.97 Å². The Morgan fingerprint density at radius 3 is 2.40 bits per heavy atom. The van der Waals surface area contributed by atoms with Gasteiger partial charge in [0.2, 0.25) is 8.32 Å². The van der Waals surface area contributed by atoms with Gasteiger partial charge in [-0.05, 0) is 44.3 Å². The van der Waals surface area contributed by atoms with E-state index in [1.807, 2.05) is 31.2 Å². The zero-order valence-electron chi connectivity index (χ0n) is 12.3. The maximum atomic E-state index is 6.02. The van der Waals surface area contributed by atoms with Gasteiger partial charge in [-0.3, -0.25) is 0 Å². The number of benzene rings is 1. The Bertz CT molecular complexity index is 603. The van der Waals surface area contributed by atoms with E-state index in [-0.39, 0.29) is 0 Å². The van der Waals surface area contributed by atoms with E-state index >= 15 is 0 Å². The highest BCUT2D eigenvalue weighted by molar-refractivity contribution is 6.70. The summed E-state index contributed by atoms with van der Waals surface area (Å²) in [4.78, 5) is 12.8. The largest absolute Gasteiger partial charge is 0.543 e. The third-order valence-corrected chi connectivity index (χ3v) is 3.23. The van der Waals surface area contributed by atoms with Crippen LogP contribution in [0.3, 0.4) is 0 Å². The lowest BCUT2D eigenvalue weighted by molar-refractivity contribution is 0.559. The molecular formula is C15H19N3OSi. The van der Waals surface area contributed by atoms with Crippen LogP contribution in [0.1, 0.15) is 11.4 Å². The van der Waals surface area contributed by atoms with Crippen LogP contribution >= 0.6 is 0 Å². The van der Waals surface area contributed by atoms with Gasteiger partial charge < -0.3 is 4.43 Å². The number of aromatic nitrogens is 2. The summed E-state index contributed by atoms with van der Waals surface area (Å²) in [5, 5.41) is 0. The van der Waals surface area contributed by atoms with Crippen molar-refractivity contribution in [2.45, 2.75) is 26.6 Å². The minimum Gasteiger partial charge on any atom is -0.543 e. The molecule has 4 nitrogen and oxygen atoms in total. The molecule has 0 aliphatic heterocycles. The Morgan fingerprint density at radius 1 is 1.10 bits per heavy atom. The molecule has 2 rings (SSSR count). The number of para-hydroxylation sites is 2. The fourth-order valence-electron chi connectivity index (χ4n) is 1.58. The summed E-state index contributed by atoms with van der Waals surface area (Å²) in [5.41, 5.74) is 1.84. The molecule has 0 atom stereocenters. The fraction of sp³-hybridized carbons (Fsp3) is 0.267. The number of aryl methyl sites for hydroxylation is 1. The van der Waals surface area contributed by atoms with Crippen molar-refractivity contribution >= 4 is 20.2 Å². The molecule has 0 amide bonds. The molecule has 0 spiro atoms. The molecule has 0 saturated heterocycles. The molecule has 1 aromatic carbocycles. The summed E-state index contributed by atoms with van der Waals surface area (Å²) in [5.74, 6) is 1.41. The summed E-state index contributed by atoms with van der Waals surface area (Å²) in [6.07, 6.45) is 5.21. The molecule has 0 aliphatic carbocycles. The molecule has 20 heavy (non-hydrogen) atoms. The number of hydrogen-bond acceptors (Lipinski definition) is 4. The van der Waals surface area contributed by atoms with Gasteiger partial charge in [0.05, 0.1) is 6.21 Å². The van der Waals surface area contributed by atoms with Crippen LogP contribution in [0.15, 0.2) is 41.7 Å². The van der Waals surface area contributed by atoms with Crippen LogP contribution < -0.4 is 4.43 Å². The maximum absolute atomic E-state index is 6.02. The van der Waals surface area contributed by atoms with Crippen LogP contribution in [0.5, 0.6) is 5.75 Å². The van der Waals surface area contributed by atoms with Gasteiger partial charge in [-0.25, -0.2) is 15.0 Å². The normalized spacial score (nSPS) is 11.8. The standard InChI is InChI=1S/C15H19N3OSi/c1-12-9-17-15(18-10-12)11-16-13-7-5-6-8-14(13)19-20(2,3)4/h5-11H,1-4H3/b16-11+. The monoisotopic (exact) mass is 285 g/mol. The molecule has 0 bridgehead atoms. The first-order valence-corrected chi connectivity index (χ1v) is 9.96. The van der Waals surface area contributed by atoms with E-state index in [2.05, 4.69) is 34.6 Å². The van der Waals surface area contributed by atoms with Crippen molar-refractivity contribution in [1.29, 1.82) is 0 Å². The van der Waals surface area contributed by atoms with E-state index in [4.69, 9.17) is 4.43 Å². The Hall–Kier alpha value is -2.01. The van der Waals surface area contributed by atoms with E-state index in [0.29, 0.717) is 5.82 Å². The smallest absolute Gasteiger partial charge is 0.242 e. The summed E-state index contributed by atoms with van der Waals surface area (Å²) in [7, 11) is -1.65. The molecule has 1 aromatic heterocycles. The van der Waals surface area contributed by atoms with Crippen molar-refractivity contribution in [3.05, 3.63) is 48.0 Å². The van der Waals surface area contributed by atoms with Gasteiger partial charge in [0, 0.05) is 12.4 Å². The lowest BCUT2D eigenvalue weighted by Crippen LogP contribution is -2.29. The fourth-order valence-corrected chi connectivity index (χ4v) is 2.41. The Labute approximate surface area is 120 Å². The van der Waals surface area contributed by atoms with Gasteiger partial charge in [-0.15, -0.1) is 0 Å². The molecule has 0 aliphatic rings. The molecule has 1 heterocycles. The molecule has 0 radical (unpaired) electrons.